The van der Waals surface area contributed by atoms with E-state index in [1.165, 1.54) is 7.11 Å². The van der Waals surface area contributed by atoms with Crippen LogP contribution in [0.25, 0.3) is 0 Å². The minimum atomic E-state index is -0.711. The SMILES string of the molecule is COC(=O)C1=C(C)NC2=C(C(=O)CCC2)C1c1ccc(CN2C(=O)c3ccccc3C2=O)o1. The van der Waals surface area contributed by atoms with Crippen LogP contribution in [0.5, 0.6) is 0 Å². The molecule has 33 heavy (non-hydrogen) atoms. The smallest absolute Gasteiger partial charge is 0.336 e. The molecule has 0 fully saturated rings. The van der Waals surface area contributed by atoms with Crippen LogP contribution in [-0.4, -0.2) is 35.6 Å². The zero-order valence-corrected chi connectivity index (χ0v) is 18.3. The fraction of sp³-hybridized carbons (Fsp3) is 0.280. The minimum absolute atomic E-state index is 0.0408. The number of methoxy groups -OCH3 is 1. The molecule has 8 nitrogen and oxygen atoms in total. The Morgan fingerprint density at radius 2 is 1.79 bits per heavy atom. The zero-order chi connectivity index (χ0) is 23.3. The van der Waals surface area contributed by atoms with Gasteiger partial charge in [-0.1, -0.05) is 12.1 Å². The van der Waals surface area contributed by atoms with Crippen molar-refractivity contribution in [3.05, 3.63) is 81.6 Å². The van der Waals surface area contributed by atoms with Gasteiger partial charge >= 0.3 is 5.97 Å². The third kappa shape index (κ3) is 3.29. The molecule has 0 saturated heterocycles. The van der Waals surface area contributed by atoms with Gasteiger partial charge in [-0.15, -0.1) is 0 Å². The van der Waals surface area contributed by atoms with Crippen molar-refractivity contribution in [3.8, 4) is 0 Å². The molecule has 0 spiro atoms. The molecule has 3 aliphatic rings. The molecule has 1 aromatic carbocycles. The third-order valence-electron chi connectivity index (χ3n) is 6.34. The number of ether oxygens (including phenoxy) is 1. The molecule has 1 unspecified atom stereocenters. The second-order valence-corrected chi connectivity index (χ2v) is 8.30. The molecule has 2 aromatic rings. The molecule has 1 aliphatic carbocycles. The first-order chi connectivity index (χ1) is 15.9. The zero-order valence-electron chi connectivity index (χ0n) is 18.3. The summed E-state index contributed by atoms with van der Waals surface area (Å²) >= 11 is 0. The van der Waals surface area contributed by atoms with Gasteiger partial charge in [0.05, 0.1) is 36.3 Å². The first-order valence-corrected chi connectivity index (χ1v) is 10.8. The number of rotatable bonds is 4. The third-order valence-corrected chi connectivity index (χ3v) is 6.34. The van der Waals surface area contributed by atoms with E-state index in [1.54, 1.807) is 43.3 Å². The van der Waals surface area contributed by atoms with Crippen molar-refractivity contribution in [2.75, 3.05) is 7.11 Å². The molecular formula is C25H22N2O6. The maximum Gasteiger partial charge on any atom is 0.336 e. The van der Waals surface area contributed by atoms with Crippen LogP contribution in [0, 0.1) is 0 Å². The van der Waals surface area contributed by atoms with Crippen LogP contribution in [0.15, 0.2) is 63.4 Å². The van der Waals surface area contributed by atoms with Gasteiger partial charge in [-0.25, -0.2) is 4.79 Å². The average molecular weight is 446 g/mol. The second kappa shape index (κ2) is 7.88. The summed E-state index contributed by atoms with van der Waals surface area (Å²) in [6, 6.07) is 10.0. The number of furan rings is 1. The van der Waals surface area contributed by atoms with E-state index in [1.807, 2.05) is 0 Å². The lowest BCUT2D eigenvalue weighted by molar-refractivity contribution is -0.136. The van der Waals surface area contributed by atoms with Crippen LogP contribution in [0.3, 0.4) is 0 Å². The van der Waals surface area contributed by atoms with Gasteiger partial charge in [-0.3, -0.25) is 19.3 Å². The molecule has 3 heterocycles. The number of nitrogens with one attached hydrogen (secondary N) is 1. The lowest BCUT2D eigenvalue weighted by Crippen LogP contribution is -2.34. The van der Waals surface area contributed by atoms with Crippen molar-refractivity contribution >= 4 is 23.6 Å². The molecule has 1 atom stereocenters. The lowest BCUT2D eigenvalue weighted by atomic mass is 9.77. The Balaban J connectivity index is 1.50. The van der Waals surface area contributed by atoms with E-state index >= 15 is 0 Å². The molecule has 0 bridgehead atoms. The summed E-state index contributed by atoms with van der Waals surface area (Å²) in [5.74, 6) is -1.29. The number of fused-ring (bicyclic) bond motifs is 1. The molecule has 8 heteroatoms. The van der Waals surface area contributed by atoms with Crippen LogP contribution in [-0.2, 0) is 20.9 Å². The Bertz CT molecular complexity index is 1250. The molecule has 1 N–H and O–H groups in total. The molecule has 2 amide bonds. The van der Waals surface area contributed by atoms with Gasteiger partial charge in [0.15, 0.2) is 5.78 Å². The van der Waals surface area contributed by atoms with E-state index < -0.39 is 11.9 Å². The Hall–Kier alpha value is -3.94. The average Bonchev–Trinajstić information content (AvgIpc) is 3.37. The summed E-state index contributed by atoms with van der Waals surface area (Å²) in [6.07, 6.45) is 1.83. The molecule has 0 saturated carbocycles. The van der Waals surface area contributed by atoms with E-state index in [9.17, 15) is 19.2 Å². The highest BCUT2D eigenvalue weighted by Crippen LogP contribution is 2.43. The van der Waals surface area contributed by atoms with Gasteiger partial charge in [0, 0.05) is 23.4 Å². The number of imide groups is 1. The monoisotopic (exact) mass is 446 g/mol. The Morgan fingerprint density at radius 1 is 1.09 bits per heavy atom. The number of dihydropyridines is 1. The van der Waals surface area contributed by atoms with Gasteiger partial charge in [0.25, 0.3) is 11.8 Å². The highest BCUT2D eigenvalue weighted by molar-refractivity contribution is 6.21. The van der Waals surface area contributed by atoms with Crippen molar-refractivity contribution in [1.29, 1.82) is 0 Å². The van der Waals surface area contributed by atoms with Gasteiger partial charge in [-0.05, 0) is 44.0 Å². The number of ketones is 1. The molecule has 1 aromatic heterocycles. The normalized spacial score (nSPS) is 20.1. The number of esters is 1. The maximum atomic E-state index is 12.9. The quantitative estimate of drug-likeness (QED) is 0.568. The predicted octanol–water partition coefficient (Wildman–Crippen LogP) is 3.22. The number of amides is 2. The lowest BCUT2D eigenvalue weighted by Gasteiger charge is -2.32. The number of benzene rings is 1. The maximum absolute atomic E-state index is 12.9. The summed E-state index contributed by atoms with van der Waals surface area (Å²) in [5, 5.41) is 3.20. The molecule has 2 aliphatic heterocycles. The Labute approximate surface area is 189 Å². The molecular weight excluding hydrogens is 424 g/mol. The first kappa shape index (κ1) is 20.9. The van der Waals surface area contributed by atoms with Gasteiger partial charge in [-0.2, -0.15) is 0 Å². The highest BCUT2D eigenvalue weighted by Gasteiger charge is 2.41. The van der Waals surface area contributed by atoms with Crippen LogP contribution in [0.1, 0.15) is 64.3 Å². The number of nitrogens with zero attached hydrogens (tertiary/aromatic N) is 1. The van der Waals surface area contributed by atoms with Crippen LogP contribution in [0.2, 0.25) is 0 Å². The number of hydrogen-bond acceptors (Lipinski definition) is 7. The standard InChI is InChI=1S/C25H22N2O6/c1-13-20(25(31)32-2)22(21-17(26-13)8-5-9-18(21)28)19-11-10-14(33-19)12-27-23(29)15-6-3-4-7-16(15)24(27)30/h3-4,6-7,10-11,22,26H,5,8-9,12H2,1-2H3. The second-order valence-electron chi connectivity index (χ2n) is 8.30. The summed E-state index contributed by atoms with van der Waals surface area (Å²) in [5.41, 5.74) is 2.95. The first-order valence-electron chi connectivity index (χ1n) is 10.8. The molecule has 168 valence electrons. The Kier molecular flexibility index (Phi) is 5.00. The number of carbonyl (C=O) groups excluding carboxylic acids is 4. The number of allylic oxidation sites excluding steroid dienone is 3. The summed E-state index contributed by atoms with van der Waals surface area (Å²) in [6.45, 7) is 1.72. The van der Waals surface area contributed by atoms with Gasteiger partial charge < -0.3 is 14.5 Å². The van der Waals surface area contributed by atoms with Crippen molar-refractivity contribution < 1.29 is 28.3 Å². The topological polar surface area (TPSA) is 106 Å². The Morgan fingerprint density at radius 3 is 2.45 bits per heavy atom. The van der Waals surface area contributed by atoms with E-state index in [2.05, 4.69) is 5.32 Å². The van der Waals surface area contributed by atoms with Crippen LogP contribution in [0.4, 0.5) is 0 Å². The molecule has 5 rings (SSSR count). The van der Waals surface area contributed by atoms with Crippen LogP contribution >= 0.6 is 0 Å². The van der Waals surface area contributed by atoms with Crippen molar-refractivity contribution in [3.63, 3.8) is 0 Å². The van der Waals surface area contributed by atoms with E-state index in [-0.39, 0.29) is 24.1 Å². The minimum Gasteiger partial charge on any atom is -0.466 e. The fourth-order valence-electron chi connectivity index (χ4n) is 4.82. The van der Waals surface area contributed by atoms with E-state index in [4.69, 9.17) is 9.15 Å². The largest absolute Gasteiger partial charge is 0.466 e. The van der Waals surface area contributed by atoms with Crippen LogP contribution < -0.4 is 5.32 Å². The van der Waals surface area contributed by atoms with Gasteiger partial charge in [0.2, 0.25) is 0 Å². The predicted molar refractivity (Wildman–Crippen MR) is 116 cm³/mol. The number of Topliss-reactive ketones (excluding diaryl/α,β-unsaturated/α-hetero) is 1. The summed E-state index contributed by atoms with van der Waals surface area (Å²) in [4.78, 5) is 52.1. The van der Waals surface area contributed by atoms with Crippen molar-refractivity contribution in [2.45, 2.75) is 38.6 Å². The summed E-state index contributed by atoms with van der Waals surface area (Å²) < 4.78 is 11.0. The fourth-order valence-corrected chi connectivity index (χ4v) is 4.82. The van der Waals surface area contributed by atoms with Crippen molar-refractivity contribution in [2.24, 2.45) is 0 Å². The number of hydrogen-bond donors (Lipinski definition) is 1. The van der Waals surface area contributed by atoms with E-state index in [0.717, 1.165) is 17.0 Å². The molecule has 0 radical (unpaired) electrons. The van der Waals surface area contributed by atoms with Crippen molar-refractivity contribution in [1.82, 2.24) is 10.2 Å². The highest BCUT2D eigenvalue weighted by atomic mass is 16.5. The summed E-state index contributed by atoms with van der Waals surface area (Å²) in [7, 11) is 1.29. The number of carbonyl (C=O) groups is 4. The van der Waals surface area contributed by atoms with E-state index in [0.29, 0.717) is 52.3 Å². The van der Waals surface area contributed by atoms with Gasteiger partial charge in [0.1, 0.15) is 11.5 Å².